The summed E-state index contributed by atoms with van der Waals surface area (Å²) in [6.45, 7) is 1.69. The number of carbonyl (C=O) groups is 2. The number of imide groups is 1. The molecule has 1 aliphatic rings. The minimum atomic E-state index is -1.03. The lowest BCUT2D eigenvalue weighted by Crippen LogP contribution is -2.44. The number of amides is 3. The highest BCUT2D eigenvalue weighted by Gasteiger charge is 2.47. The number of urea groups is 1. The Bertz CT molecular complexity index is 920. The van der Waals surface area contributed by atoms with Gasteiger partial charge in [-0.05, 0) is 37.5 Å². The SMILES string of the molecule is COc1cc(/C=N/N2C(=O)N[C@](C)(CCc3ccccc3)C2=O)cc(OC)c1O. The van der Waals surface area contributed by atoms with E-state index in [1.54, 1.807) is 6.92 Å². The van der Waals surface area contributed by atoms with Crippen LogP contribution in [0.15, 0.2) is 47.6 Å². The number of hydrogen-bond donors (Lipinski definition) is 2. The Morgan fingerprint density at radius 2 is 1.76 bits per heavy atom. The van der Waals surface area contributed by atoms with Gasteiger partial charge in [-0.15, -0.1) is 5.01 Å². The van der Waals surface area contributed by atoms with Crippen LogP contribution in [0.25, 0.3) is 0 Å². The molecule has 8 heteroatoms. The summed E-state index contributed by atoms with van der Waals surface area (Å²) in [7, 11) is 2.82. The zero-order chi connectivity index (χ0) is 21.0. The van der Waals surface area contributed by atoms with Crippen LogP contribution in [0.2, 0.25) is 0 Å². The lowest BCUT2D eigenvalue weighted by molar-refractivity contribution is -0.130. The Morgan fingerprint density at radius 1 is 1.14 bits per heavy atom. The maximum atomic E-state index is 12.8. The molecule has 3 rings (SSSR count). The maximum Gasteiger partial charge on any atom is 0.346 e. The van der Waals surface area contributed by atoms with E-state index in [1.807, 2.05) is 30.3 Å². The van der Waals surface area contributed by atoms with E-state index in [1.165, 1.54) is 32.6 Å². The van der Waals surface area contributed by atoms with Crippen LogP contribution in [-0.2, 0) is 11.2 Å². The molecule has 0 aromatic heterocycles. The number of rotatable bonds is 7. The van der Waals surface area contributed by atoms with E-state index >= 15 is 0 Å². The van der Waals surface area contributed by atoms with Gasteiger partial charge in [-0.2, -0.15) is 5.10 Å². The second-order valence-electron chi connectivity index (χ2n) is 6.88. The van der Waals surface area contributed by atoms with Gasteiger partial charge in [0.2, 0.25) is 5.75 Å². The molecule has 0 radical (unpaired) electrons. The van der Waals surface area contributed by atoms with E-state index < -0.39 is 17.5 Å². The van der Waals surface area contributed by atoms with Crippen molar-refractivity contribution in [2.24, 2.45) is 5.10 Å². The number of nitrogens with one attached hydrogen (secondary N) is 1. The molecular formula is C21H23N3O5. The summed E-state index contributed by atoms with van der Waals surface area (Å²) < 4.78 is 10.2. The van der Waals surface area contributed by atoms with Crippen molar-refractivity contribution in [1.82, 2.24) is 10.3 Å². The van der Waals surface area contributed by atoms with Crippen molar-refractivity contribution in [1.29, 1.82) is 0 Å². The monoisotopic (exact) mass is 397 g/mol. The second-order valence-corrected chi connectivity index (χ2v) is 6.88. The summed E-state index contributed by atoms with van der Waals surface area (Å²) in [5.41, 5.74) is 0.546. The number of nitrogens with zero attached hydrogens (tertiary/aromatic N) is 2. The van der Waals surface area contributed by atoms with E-state index in [9.17, 15) is 14.7 Å². The number of benzene rings is 2. The van der Waals surface area contributed by atoms with Crippen molar-refractivity contribution >= 4 is 18.2 Å². The molecule has 152 valence electrons. The van der Waals surface area contributed by atoms with Crippen LogP contribution < -0.4 is 14.8 Å². The van der Waals surface area contributed by atoms with Gasteiger partial charge in [0.05, 0.1) is 20.4 Å². The molecule has 2 aromatic rings. The van der Waals surface area contributed by atoms with Crippen LogP contribution in [0.1, 0.15) is 24.5 Å². The standard InChI is InChI=1S/C21H23N3O5/c1-21(10-9-14-7-5-4-6-8-14)19(26)24(20(27)23-21)22-13-15-11-16(28-2)18(25)17(12-15)29-3/h4-8,11-13,25H,9-10H2,1-3H3,(H,23,27)/b22-13+/t21-/m1/s1. The van der Waals surface area contributed by atoms with Crippen molar-refractivity contribution in [3.8, 4) is 17.2 Å². The molecule has 1 aliphatic heterocycles. The average molecular weight is 397 g/mol. The summed E-state index contributed by atoms with van der Waals surface area (Å²) in [6.07, 6.45) is 2.44. The molecule has 0 spiro atoms. The largest absolute Gasteiger partial charge is 0.502 e. The Balaban J connectivity index is 1.76. The molecule has 0 bridgehead atoms. The molecule has 1 saturated heterocycles. The molecule has 3 amide bonds. The average Bonchev–Trinajstić information content (AvgIpc) is 2.95. The number of carbonyl (C=O) groups excluding carboxylic acids is 2. The third kappa shape index (κ3) is 4.16. The predicted molar refractivity (Wildman–Crippen MR) is 107 cm³/mol. The molecule has 0 saturated carbocycles. The van der Waals surface area contributed by atoms with Crippen LogP contribution >= 0.6 is 0 Å². The normalized spacial score (nSPS) is 18.9. The minimum Gasteiger partial charge on any atom is -0.502 e. The minimum absolute atomic E-state index is 0.143. The van der Waals surface area contributed by atoms with Gasteiger partial charge in [0, 0.05) is 5.56 Å². The first-order valence-corrected chi connectivity index (χ1v) is 9.07. The molecule has 2 N–H and O–H groups in total. The van der Waals surface area contributed by atoms with Crippen molar-refractivity contribution < 1.29 is 24.2 Å². The number of ether oxygens (including phenoxy) is 2. The Hall–Kier alpha value is -3.55. The third-order valence-corrected chi connectivity index (χ3v) is 4.82. The molecule has 29 heavy (non-hydrogen) atoms. The smallest absolute Gasteiger partial charge is 0.346 e. The van der Waals surface area contributed by atoms with Crippen LogP contribution in [0.3, 0.4) is 0 Å². The number of hydrazone groups is 1. The third-order valence-electron chi connectivity index (χ3n) is 4.82. The fourth-order valence-corrected chi connectivity index (χ4v) is 3.09. The van der Waals surface area contributed by atoms with Crippen molar-refractivity contribution in [3.05, 3.63) is 53.6 Å². The van der Waals surface area contributed by atoms with E-state index in [4.69, 9.17) is 9.47 Å². The Kier molecular flexibility index (Phi) is 5.72. The first-order valence-electron chi connectivity index (χ1n) is 9.07. The molecule has 1 fully saturated rings. The highest BCUT2D eigenvalue weighted by Crippen LogP contribution is 2.36. The zero-order valence-corrected chi connectivity index (χ0v) is 16.5. The first-order chi connectivity index (χ1) is 13.9. The van der Waals surface area contributed by atoms with E-state index in [2.05, 4.69) is 10.4 Å². The number of methoxy groups -OCH3 is 2. The van der Waals surface area contributed by atoms with Crippen molar-refractivity contribution in [2.75, 3.05) is 14.2 Å². The number of aromatic hydroxyl groups is 1. The summed E-state index contributed by atoms with van der Waals surface area (Å²) >= 11 is 0. The number of hydrogen-bond acceptors (Lipinski definition) is 6. The fourth-order valence-electron chi connectivity index (χ4n) is 3.09. The van der Waals surface area contributed by atoms with Gasteiger partial charge in [0.15, 0.2) is 11.5 Å². The van der Waals surface area contributed by atoms with Gasteiger partial charge < -0.3 is 19.9 Å². The molecular weight excluding hydrogens is 374 g/mol. The lowest BCUT2D eigenvalue weighted by atomic mass is 9.93. The Labute approximate surface area is 168 Å². The van der Waals surface area contributed by atoms with E-state index in [-0.39, 0.29) is 17.2 Å². The summed E-state index contributed by atoms with van der Waals surface area (Å²) in [4.78, 5) is 25.1. The second kappa shape index (κ2) is 8.22. The summed E-state index contributed by atoms with van der Waals surface area (Å²) in [5, 5.41) is 17.6. The molecule has 1 atom stereocenters. The van der Waals surface area contributed by atoms with Gasteiger partial charge in [-0.25, -0.2) is 4.79 Å². The van der Waals surface area contributed by atoms with Crippen molar-refractivity contribution in [3.63, 3.8) is 0 Å². The molecule has 2 aromatic carbocycles. The van der Waals surface area contributed by atoms with Gasteiger partial charge in [0.1, 0.15) is 5.54 Å². The van der Waals surface area contributed by atoms with Crippen LogP contribution in [0, 0.1) is 0 Å². The first kappa shape index (κ1) is 20.2. The molecule has 0 aliphatic carbocycles. The van der Waals surface area contributed by atoms with Crippen molar-refractivity contribution in [2.45, 2.75) is 25.3 Å². The number of aryl methyl sites for hydroxylation is 1. The number of phenols is 1. The van der Waals surface area contributed by atoms with Gasteiger partial charge in [-0.3, -0.25) is 4.79 Å². The lowest BCUT2D eigenvalue weighted by Gasteiger charge is -2.20. The highest BCUT2D eigenvalue weighted by molar-refractivity contribution is 6.07. The van der Waals surface area contributed by atoms with Gasteiger partial charge >= 0.3 is 6.03 Å². The predicted octanol–water partition coefficient (Wildman–Crippen LogP) is 2.69. The molecule has 8 nitrogen and oxygen atoms in total. The topological polar surface area (TPSA) is 100 Å². The molecule has 1 heterocycles. The molecule has 0 unspecified atom stereocenters. The van der Waals surface area contributed by atoms with Gasteiger partial charge in [-0.1, -0.05) is 30.3 Å². The van der Waals surface area contributed by atoms with E-state index in [0.717, 1.165) is 10.6 Å². The van der Waals surface area contributed by atoms with Crippen LogP contribution in [-0.4, -0.2) is 48.0 Å². The van der Waals surface area contributed by atoms with Crippen LogP contribution in [0.5, 0.6) is 17.2 Å². The van der Waals surface area contributed by atoms with E-state index in [0.29, 0.717) is 18.4 Å². The Morgan fingerprint density at radius 3 is 2.34 bits per heavy atom. The fraction of sp³-hybridized carbons (Fsp3) is 0.286. The van der Waals surface area contributed by atoms with Crippen LogP contribution in [0.4, 0.5) is 4.79 Å². The number of phenolic OH excluding ortho intramolecular Hbond substituents is 1. The highest BCUT2D eigenvalue weighted by atomic mass is 16.5. The zero-order valence-electron chi connectivity index (χ0n) is 16.5. The maximum absolute atomic E-state index is 12.8. The summed E-state index contributed by atoms with van der Waals surface area (Å²) in [6, 6.07) is 12.2. The summed E-state index contributed by atoms with van der Waals surface area (Å²) in [5.74, 6) is -0.186. The van der Waals surface area contributed by atoms with Gasteiger partial charge in [0.25, 0.3) is 5.91 Å². The quantitative estimate of drug-likeness (QED) is 0.553.